The van der Waals surface area contributed by atoms with Crippen LogP contribution in [0.15, 0.2) is 23.8 Å². The molecule has 74 valence electrons. The molecule has 1 nitrogen and oxygen atoms in total. The predicted octanol–water partition coefficient (Wildman–Crippen LogP) is 2.99. The van der Waals surface area contributed by atoms with E-state index in [0.29, 0.717) is 12.1 Å². The third-order valence-electron chi connectivity index (χ3n) is 2.56. The zero-order valence-electron chi connectivity index (χ0n) is 9.25. The molecule has 0 radical (unpaired) electrons. The summed E-state index contributed by atoms with van der Waals surface area (Å²) >= 11 is 0. The molecule has 0 amide bonds. The van der Waals surface area contributed by atoms with Gasteiger partial charge in [0.05, 0.1) is 0 Å². The summed E-state index contributed by atoms with van der Waals surface area (Å²) in [4.78, 5) is 2.53. The lowest BCUT2D eigenvalue weighted by molar-refractivity contribution is 0.191. The Kier molecular flexibility index (Phi) is 3.73. The molecule has 13 heavy (non-hydrogen) atoms. The lowest BCUT2D eigenvalue weighted by Crippen LogP contribution is -2.38. The molecule has 0 fully saturated rings. The maximum absolute atomic E-state index is 2.53. The Balaban J connectivity index is 2.48. The standard InChI is InChI=1S/C12H21N/c1-10(2)13(11(3)4)9-12-7-5-6-8-12/h5-7,10-11H,8-9H2,1-4H3. The van der Waals surface area contributed by atoms with Gasteiger partial charge >= 0.3 is 0 Å². The van der Waals surface area contributed by atoms with Gasteiger partial charge in [0.25, 0.3) is 0 Å². The molecule has 0 N–H and O–H groups in total. The molecule has 0 bridgehead atoms. The first kappa shape index (κ1) is 10.5. The van der Waals surface area contributed by atoms with Gasteiger partial charge in [-0.1, -0.05) is 23.8 Å². The lowest BCUT2D eigenvalue weighted by Gasteiger charge is -2.30. The zero-order valence-corrected chi connectivity index (χ0v) is 9.25. The Hall–Kier alpha value is -0.560. The molecular formula is C12H21N. The fraction of sp³-hybridized carbons (Fsp3) is 0.667. The van der Waals surface area contributed by atoms with E-state index in [1.807, 2.05) is 0 Å². The first-order chi connectivity index (χ1) is 6.11. The van der Waals surface area contributed by atoms with Crippen LogP contribution in [0.4, 0.5) is 0 Å². The van der Waals surface area contributed by atoms with E-state index in [1.165, 1.54) is 0 Å². The van der Waals surface area contributed by atoms with Gasteiger partial charge in [0.15, 0.2) is 0 Å². The van der Waals surface area contributed by atoms with Gasteiger partial charge in [-0.2, -0.15) is 0 Å². The van der Waals surface area contributed by atoms with Crippen LogP contribution in [0.25, 0.3) is 0 Å². The maximum Gasteiger partial charge on any atom is 0.0204 e. The van der Waals surface area contributed by atoms with Gasteiger partial charge in [0.1, 0.15) is 0 Å². The van der Waals surface area contributed by atoms with Crippen molar-refractivity contribution in [3.8, 4) is 0 Å². The Morgan fingerprint density at radius 3 is 2.23 bits per heavy atom. The van der Waals surface area contributed by atoms with E-state index >= 15 is 0 Å². The predicted molar refractivity (Wildman–Crippen MR) is 58.8 cm³/mol. The summed E-state index contributed by atoms with van der Waals surface area (Å²) in [5, 5.41) is 0. The van der Waals surface area contributed by atoms with Gasteiger partial charge in [-0.3, -0.25) is 4.90 Å². The van der Waals surface area contributed by atoms with Crippen molar-refractivity contribution in [1.82, 2.24) is 4.90 Å². The molecule has 1 aliphatic carbocycles. The van der Waals surface area contributed by atoms with Crippen LogP contribution in [0.1, 0.15) is 34.1 Å². The molecular weight excluding hydrogens is 158 g/mol. The fourth-order valence-corrected chi connectivity index (χ4v) is 1.80. The number of rotatable bonds is 4. The van der Waals surface area contributed by atoms with E-state index in [2.05, 4.69) is 50.8 Å². The van der Waals surface area contributed by atoms with Crippen molar-refractivity contribution in [2.75, 3.05) is 6.54 Å². The molecule has 0 spiro atoms. The van der Waals surface area contributed by atoms with E-state index in [0.717, 1.165) is 13.0 Å². The van der Waals surface area contributed by atoms with Crippen LogP contribution < -0.4 is 0 Å². The third kappa shape index (κ3) is 3.00. The van der Waals surface area contributed by atoms with Crippen molar-refractivity contribution < 1.29 is 0 Å². The average Bonchev–Trinajstić information content (AvgIpc) is 2.50. The van der Waals surface area contributed by atoms with Gasteiger partial charge in [0, 0.05) is 18.6 Å². The largest absolute Gasteiger partial charge is 0.295 e. The fourth-order valence-electron chi connectivity index (χ4n) is 1.80. The average molecular weight is 179 g/mol. The zero-order chi connectivity index (χ0) is 9.84. The number of hydrogen-bond acceptors (Lipinski definition) is 1. The molecule has 0 saturated heterocycles. The van der Waals surface area contributed by atoms with Crippen molar-refractivity contribution in [3.63, 3.8) is 0 Å². The Morgan fingerprint density at radius 2 is 1.85 bits per heavy atom. The van der Waals surface area contributed by atoms with Crippen LogP contribution >= 0.6 is 0 Å². The van der Waals surface area contributed by atoms with Crippen LogP contribution in [-0.4, -0.2) is 23.5 Å². The molecule has 0 atom stereocenters. The van der Waals surface area contributed by atoms with E-state index < -0.39 is 0 Å². The normalized spacial score (nSPS) is 16.4. The number of hydrogen-bond donors (Lipinski definition) is 0. The SMILES string of the molecule is CC(C)N(CC1=CC=CC1)C(C)C. The van der Waals surface area contributed by atoms with Gasteiger partial charge in [0.2, 0.25) is 0 Å². The first-order valence-electron chi connectivity index (χ1n) is 5.21. The summed E-state index contributed by atoms with van der Waals surface area (Å²) in [5.74, 6) is 0. The van der Waals surface area contributed by atoms with E-state index in [-0.39, 0.29) is 0 Å². The second-order valence-corrected chi connectivity index (χ2v) is 4.32. The van der Waals surface area contributed by atoms with Gasteiger partial charge in [-0.15, -0.1) is 0 Å². The van der Waals surface area contributed by atoms with Crippen molar-refractivity contribution in [3.05, 3.63) is 23.8 Å². The second-order valence-electron chi connectivity index (χ2n) is 4.32. The molecule has 0 aromatic carbocycles. The topological polar surface area (TPSA) is 3.24 Å². The highest BCUT2D eigenvalue weighted by Crippen LogP contribution is 2.15. The summed E-state index contributed by atoms with van der Waals surface area (Å²) in [6.07, 6.45) is 7.79. The van der Waals surface area contributed by atoms with Gasteiger partial charge < -0.3 is 0 Å². The molecule has 1 aliphatic rings. The molecule has 0 aromatic rings. The minimum absolute atomic E-state index is 0.640. The Labute approximate surface area is 82.1 Å². The van der Waals surface area contributed by atoms with E-state index in [1.54, 1.807) is 5.57 Å². The van der Waals surface area contributed by atoms with Crippen LogP contribution in [-0.2, 0) is 0 Å². The van der Waals surface area contributed by atoms with Crippen molar-refractivity contribution in [2.45, 2.75) is 46.2 Å². The molecule has 0 saturated carbocycles. The monoisotopic (exact) mass is 179 g/mol. The summed E-state index contributed by atoms with van der Waals surface area (Å²) in [7, 11) is 0. The van der Waals surface area contributed by atoms with Crippen molar-refractivity contribution in [2.24, 2.45) is 0 Å². The smallest absolute Gasteiger partial charge is 0.0204 e. The molecule has 0 aliphatic heterocycles. The van der Waals surface area contributed by atoms with Crippen LogP contribution in [0, 0.1) is 0 Å². The highest BCUT2D eigenvalue weighted by atomic mass is 15.2. The number of nitrogens with zero attached hydrogens (tertiary/aromatic N) is 1. The summed E-state index contributed by atoms with van der Waals surface area (Å²) in [6.45, 7) is 10.2. The minimum Gasteiger partial charge on any atom is -0.295 e. The quantitative estimate of drug-likeness (QED) is 0.641. The maximum atomic E-state index is 2.53. The molecule has 1 heteroatoms. The first-order valence-corrected chi connectivity index (χ1v) is 5.21. The Bertz CT molecular complexity index is 203. The molecule has 1 rings (SSSR count). The summed E-state index contributed by atoms with van der Waals surface area (Å²) in [5.41, 5.74) is 1.54. The third-order valence-corrected chi connectivity index (χ3v) is 2.56. The van der Waals surface area contributed by atoms with Crippen molar-refractivity contribution in [1.29, 1.82) is 0 Å². The highest BCUT2D eigenvalue weighted by Gasteiger charge is 2.14. The van der Waals surface area contributed by atoms with Crippen LogP contribution in [0.3, 0.4) is 0 Å². The van der Waals surface area contributed by atoms with Crippen molar-refractivity contribution >= 4 is 0 Å². The van der Waals surface area contributed by atoms with Gasteiger partial charge in [-0.25, -0.2) is 0 Å². The second kappa shape index (κ2) is 4.61. The van der Waals surface area contributed by atoms with E-state index in [9.17, 15) is 0 Å². The highest BCUT2D eigenvalue weighted by molar-refractivity contribution is 5.24. The summed E-state index contributed by atoms with van der Waals surface area (Å²) < 4.78 is 0. The van der Waals surface area contributed by atoms with Crippen LogP contribution in [0.2, 0.25) is 0 Å². The number of allylic oxidation sites excluding steroid dienone is 3. The molecule has 0 heterocycles. The minimum atomic E-state index is 0.640. The summed E-state index contributed by atoms with van der Waals surface area (Å²) in [6, 6.07) is 1.28. The molecule has 0 unspecified atom stereocenters. The lowest BCUT2D eigenvalue weighted by atomic mass is 10.1. The molecule has 0 aromatic heterocycles. The van der Waals surface area contributed by atoms with Crippen LogP contribution in [0.5, 0.6) is 0 Å². The van der Waals surface area contributed by atoms with Gasteiger partial charge in [-0.05, 0) is 34.1 Å². The van der Waals surface area contributed by atoms with E-state index in [4.69, 9.17) is 0 Å². The Morgan fingerprint density at radius 1 is 1.23 bits per heavy atom.